The van der Waals surface area contributed by atoms with E-state index in [9.17, 15) is 9.59 Å². The van der Waals surface area contributed by atoms with E-state index in [-0.39, 0.29) is 12.3 Å². The maximum absolute atomic E-state index is 12.3. The molecule has 1 N–H and O–H groups in total. The number of halogens is 2. The molecule has 4 nitrogen and oxygen atoms in total. The number of hydrogen-bond donors (Lipinski definition) is 1. The van der Waals surface area contributed by atoms with Gasteiger partial charge in [-0.05, 0) is 29.8 Å². The van der Waals surface area contributed by atoms with Crippen molar-refractivity contribution in [3.8, 4) is 0 Å². The highest BCUT2D eigenvalue weighted by molar-refractivity contribution is 6.36. The SMILES string of the molecule is COC(=O)[C@@H](Cc1c(Cl)cccc1Cl)NC(=O)c1ccccc1. The molecule has 0 aliphatic carbocycles. The number of methoxy groups -OCH3 is 1. The van der Waals surface area contributed by atoms with Crippen molar-refractivity contribution in [1.29, 1.82) is 0 Å². The number of rotatable bonds is 5. The van der Waals surface area contributed by atoms with E-state index in [0.717, 1.165) is 0 Å². The molecule has 0 bridgehead atoms. The van der Waals surface area contributed by atoms with E-state index in [0.29, 0.717) is 21.2 Å². The topological polar surface area (TPSA) is 55.4 Å². The van der Waals surface area contributed by atoms with Crippen LogP contribution in [0.4, 0.5) is 0 Å². The zero-order chi connectivity index (χ0) is 16.8. The van der Waals surface area contributed by atoms with Gasteiger partial charge in [0.05, 0.1) is 7.11 Å². The highest BCUT2D eigenvalue weighted by atomic mass is 35.5. The summed E-state index contributed by atoms with van der Waals surface area (Å²) in [5.41, 5.74) is 1.03. The van der Waals surface area contributed by atoms with Gasteiger partial charge >= 0.3 is 5.97 Å². The molecule has 0 unspecified atom stereocenters. The summed E-state index contributed by atoms with van der Waals surface area (Å²) in [5.74, 6) is -0.936. The van der Waals surface area contributed by atoms with Gasteiger partial charge < -0.3 is 10.1 Å². The second-order valence-corrected chi connectivity index (χ2v) is 5.63. The minimum Gasteiger partial charge on any atom is -0.467 e. The van der Waals surface area contributed by atoms with Crippen LogP contribution in [-0.2, 0) is 16.0 Å². The van der Waals surface area contributed by atoms with Crippen molar-refractivity contribution in [2.45, 2.75) is 12.5 Å². The van der Waals surface area contributed by atoms with Crippen molar-refractivity contribution in [1.82, 2.24) is 5.32 Å². The van der Waals surface area contributed by atoms with Crippen LogP contribution in [0.15, 0.2) is 48.5 Å². The molecule has 0 saturated carbocycles. The molecule has 2 aromatic carbocycles. The molecule has 0 aromatic heterocycles. The molecule has 1 amide bonds. The van der Waals surface area contributed by atoms with Crippen molar-refractivity contribution in [2.75, 3.05) is 7.11 Å². The molecule has 0 radical (unpaired) electrons. The molecule has 6 heteroatoms. The van der Waals surface area contributed by atoms with E-state index >= 15 is 0 Å². The van der Waals surface area contributed by atoms with E-state index in [1.54, 1.807) is 48.5 Å². The number of ether oxygens (including phenoxy) is 1. The number of amides is 1. The Kier molecular flexibility index (Phi) is 6.02. The molecule has 120 valence electrons. The Morgan fingerprint density at radius 2 is 1.65 bits per heavy atom. The summed E-state index contributed by atoms with van der Waals surface area (Å²) in [6.07, 6.45) is 0.143. The van der Waals surface area contributed by atoms with Crippen LogP contribution in [-0.4, -0.2) is 25.0 Å². The van der Waals surface area contributed by atoms with Crippen LogP contribution >= 0.6 is 23.2 Å². The molecule has 0 heterocycles. The fourth-order valence-electron chi connectivity index (χ4n) is 2.10. The number of benzene rings is 2. The van der Waals surface area contributed by atoms with Gasteiger partial charge in [-0.15, -0.1) is 0 Å². The quantitative estimate of drug-likeness (QED) is 0.838. The average Bonchev–Trinajstić information content (AvgIpc) is 2.57. The minimum absolute atomic E-state index is 0.143. The first-order chi connectivity index (χ1) is 11.0. The molecule has 0 aliphatic heterocycles. The first kappa shape index (κ1) is 17.3. The summed E-state index contributed by atoms with van der Waals surface area (Å²) in [5, 5.41) is 3.52. The summed E-state index contributed by atoms with van der Waals surface area (Å²) in [7, 11) is 1.26. The van der Waals surface area contributed by atoms with E-state index in [2.05, 4.69) is 5.32 Å². The van der Waals surface area contributed by atoms with Gasteiger partial charge in [0.25, 0.3) is 5.91 Å². The summed E-state index contributed by atoms with van der Waals surface area (Å²) in [4.78, 5) is 24.2. The lowest BCUT2D eigenvalue weighted by molar-refractivity contribution is -0.142. The number of carbonyl (C=O) groups is 2. The van der Waals surface area contributed by atoms with Crippen LogP contribution in [0.25, 0.3) is 0 Å². The summed E-state index contributed by atoms with van der Waals surface area (Å²) in [6.45, 7) is 0. The lowest BCUT2D eigenvalue weighted by Crippen LogP contribution is -2.43. The Bertz CT molecular complexity index is 684. The zero-order valence-corrected chi connectivity index (χ0v) is 13.9. The van der Waals surface area contributed by atoms with Gasteiger partial charge in [0, 0.05) is 22.0 Å². The van der Waals surface area contributed by atoms with Crippen LogP contribution < -0.4 is 5.32 Å². The molecule has 1 atom stereocenters. The third kappa shape index (κ3) is 4.47. The van der Waals surface area contributed by atoms with E-state index in [4.69, 9.17) is 27.9 Å². The lowest BCUT2D eigenvalue weighted by Gasteiger charge is -2.18. The molecule has 23 heavy (non-hydrogen) atoms. The fourth-order valence-corrected chi connectivity index (χ4v) is 2.65. The van der Waals surface area contributed by atoms with Gasteiger partial charge in [0.15, 0.2) is 0 Å². The molecule has 0 saturated heterocycles. The van der Waals surface area contributed by atoms with Crippen LogP contribution in [0.5, 0.6) is 0 Å². The minimum atomic E-state index is -0.884. The van der Waals surface area contributed by atoms with Gasteiger partial charge in [-0.2, -0.15) is 0 Å². The van der Waals surface area contributed by atoms with E-state index < -0.39 is 12.0 Å². The number of nitrogens with one attached hydrogen (secondary N) is 1. The predicted molar refractivity (Wildman–Crippen MR) is 89.9 cm³/mol. The molecular formula is C17H15Cl2NO3. The third-order valence-electron chi connectivity index (χ3n) is 3.30. The maximum Gasteiger partial charge on any atom is 0.328 e. The number of esters is 1. The summed E-state index contributed by atoms with van der Waals surface area (Å²) >= 11 is 12.3. The highest BCUT2D eigenvalue weighted by Gasteiger charge is 2.24. The Balaban J connectivity index is 2.21. The Morgan fingerprint density at radius 1 is 1.04 bits per heavy atom. The second kappa shape index (κ2) is 7.99. The van der Waals surface area contributed by atoms with Crippen LogP contribution in [0.2, 0.25) is 10.0 Å². The first-order valence-corrected chi connectivity index (χ1v) is 7.65. The number of carbonyl (C=O) groups excluding carboxylic acids is 2. The maximum atomic E-state index is 12.3. The highest BCUT2D eigenvalue weighted by Crippen LogP contribution is 2.25. The predicted octanol–water partition coefficient (Wildman–Crippen LogP) is 3.51. The molecule has 0 aliphatic rings. The van der Waals surface area contributed by atoms with Gasteiger partial charge in [0.1, 0.15) is 6.04 Å². The lowest BCUT2D eigenvalue weighted by atomic mass is 10.0. The monoisotopic (exact) mass is 351 g/mol. The summed E-state index contributed by atoms with van der Waals surface area (Å²) in [6, 6.07) is 12.8. The summed E-state index contributed by atoms with van der Waals surface area (Å²) < 4.78 is 4.76. The van der Waals surface area contributed by atoms with Crippen molar-refractivity contribution in [2.24, 2.45) is 0 Å². The second-order valence-electron chi connectivity index (χ2n) is 4.82. The third-order valence-corrected chi connectivity index (χ3v) is 4.01. The normalized spacial score (nSPS) is 11.6. The largest absolute Gasteiger partial charge is 0.467 e. The number of hydrogen-bond acceptors (Lipinski definition) is 3. The molecule has 0 spiro atoms. The standard InChI is InChI=1S/C17H15Cl2NO3/c1-23-17(22)15(10-12-13(18)8-5-9-14(12)19)20-16(21)11-6-3-2-4-7-11/h2-9,15H,10H2,1H3,(H,20,21)/t15-/m1/s1. The van der Waals surface area contributed by atoms with Gasteiger partial charge in [-0.3, -0.25) is 4.79 Å². The Hall–Kier alpha value is -2.04. The molecule has 2 rings (SSSR count). The van der Waals surface area contributed by atoms with Gasteiger partial charge in [0.2, 0.25) is 0 Å². The zero-order valence-electron chi connectivity index (χ0n) is 12.4. The first-order valence-electron chi connectivity index (χ1n) is 6.89. The molecular weight excluding hydrogens is 337 g/mol. The molecule has 2 aromatic rings. The van der Waals surface area contributed by atoms with Crippen molar-refractivity contribution >= 4 is 35.1 Å². The van der Waals surface area contributed by atoms with E-state index in [1.807, 2.05) is 0 Å². The molecule has 0 fully saturated rings. The van der Waals surface area contributed by atoms with Crippen LogP contribution in [0, 0.1) is 0 Å². The Morgan fingerprint density at radius 3 is 2.22 bits per heavy atom. The van der Waals surface area contributed by atoms with Crippen LogP contribution in [0.1, 0.15) is 15.9 Å². The van der Waals surface area contributed by atoms with Crippen molar-refractivity contribution in [3.63, 3.8) is 0 Å². The van der Waals surface area contributed by atoms with Gasteiger partial charge in [-0.1, -0.05) is 47.5 Å². The average molecular weight is 352 g/mol. The van der Waals surface area contributed by atoms with Gasteiger partial charge in [-0.25, -0.2) is 4.79 Å². The fraction of sp³-hybridized carbons (Fsp3) is 0.176. The van der Waals surface area contributed by atoms with Crippen molar-refractivity contribution in [3.05, 3.63) is 69.7 Å². The van der Waals surface area contributed by atoms with E-state index in [1.165, 1.54) is 7.11 Å². The van der Waals surface area contributed by atoms with Crippen LogP contribution in [0.3, 0.4) is 0 Å². The Labute approximate surface area is 144 Å². The van der Waals surface area contributed by atoms with Crippen molar-refractivity contribution < 1.29 is 14.3 Å². The smallest absolute Gasteiger partial charge is 0.328 e.